The second-order valence-corrected chi connectivity index (χ2v) is 6.59. The van der Waals surface area contributed by atoms with Crippen molar-refractivity contribution in [2.45, 2.75) is 19.1 Å². The predicted molar refractivity (Wildman–Crippen MR) is 106 cm³/mol. The fourth-order valence-corrected chi connectivity index (χ4v) is 2.81. The van der Waals surface area contributed by atoms with Crippen LogP contribution in [0.25, 0.3) is 0 Å². The molecular formula is C23H19F2NO4. The number of amides is 1. The zero-order chi connectivity index (χ0) is 21.5. The minimum absolute atomic E-state index is 0.0308. The van der Waals surface area contributed by atoms with E-state index in [0.29, 0.717) is 17.9 Å². The molecule has 0 aliphatic heterocycles. The lowest BCUT2D eigenvalue weighted by atomic mass is 10.0. The Bertz CT molecular complexity index is 1020. The van der Waals surface area contributed by atoms with E-state index in [9.17, 15) is 23.5 Å². The minimum atomic E-state index is -1.32. The zero-order valence-electron chi connectivity index (χ0n) is 15.8. The molecule has 0 spiro atoms. The van der Waals surface area contributed by atoms with Gasteiger partial charge < -0.3 is 15.2 Å². The number of benzene rings is 3. The number of carbonyl (C=O) groups excluding carboxylic acids is 1. The van der Waals surface area contributed by atoms with E-state index in [-0.39, 0.29) is 6.42 Å². The average molecular weight is 411 g/mol. The molecule has 1 atom stereocenters. The molecule has 3 rings (SSSR count). The second-order valence-electron chi connectivity index (χ2n) is 6.59. The first kappa shape index (κ1) is 21.0. The molecule has 154 valence electrons. The van der Waals surface area contributed by atoms with Crippen molar-refractivity contribution in [2.75, 3.05) is 0 Å². The molecule has 3 aromatic carbocycles. The number of hydrogen-bond acceptors (Lipinski definition) is 3. The maximum atomic E-state index is 13.8. The third kappa shape index (κ3) is 5.41. The van der Waals surface area contributed by atoms with Crippen LogP contribution in [0.4, 0.5) is 8.78 Å². The highest BCUT2D eigenvalue weighted by atomic mass is 19.2. The molecule has 2 N–H and O–H groups in total. The van der Waals surface area contributed by atoms with Gasteiger partial charge in [-0.05, 0) is 35.4 Å². The van der Waals surface area contributed by atoms with E-state index in [2.05, 4.69) is 5.32 Å². The van der Waals surface area contributed by atoms with Gasteiger partial charge in [0.1, 0.15) is 18.4 Å². The molecule has 0 saturated carbocycles. The number of ether oxygens (including phenoxy) is 1. The Morgan fingerprint density at radius 1 is 0.900 bits per heavy atom. The lowest BCUT2D eigenvalue weighted by Crippen LogP contribution is -2.42. The maximum absolute atomic E-state index is 13.8. The van der Waals surface area contributed by atoms with Gasteiger partial charge in [0, 0.05) is 6.42 Å². The molecule has 0 aliphatic rings. The molecule has 0 fully saturated rings. The Balaban J connectivity index is 1.62. The predicted octanol–water partition coefficient (Wildman–Crippen LogP) is 3.97. The summed E-state index contributed by atoms with van der Waals surface area (Å²) in [5.74, 6) is -4.17. The van der Waals surface area contributed by atoms with Gasteiger partial charge in [-0.3, -0.25) is 4.79 Å². The molecule has 0 saturated heterocycles. The molecule has 0 aromatic heterocycles. The number of hydrogen-bond donors (Lipinski definition) is 2. The summed E-state index contributed by atoms with van der Waals surface area (Å²) in [6.07, 6.45) is -0.0308. The summed E-state index contributed by atoms with van der Waals surface area (Å²) < 4.78 is 32.8. The number of halogens is 2. The lowest BCUT2D eigenvalue weighted by Gasteiger charge is -2.15. The normalized spacial score (nSPS) is 11.5. The quantitative estimate of drug-likeness (QED) is 0.588. The molecule has 1 amide bonds. The van der Waals surface area contributed by atoms with Crippen molar-refractivity contribution in [3.63, 3.8) is 0 Å². The summed E-state index contributed by atoms with van der Waals surface area (Å²) in [6.45, 7) is 0.396. The van der Waals surface area contributed by atoms with Gasteiger partial charge in [-0.2, -0.15) is 0 Å². The molecule has 0 unspecified atom stereocenters. The van der Waals surface area contributed by atoms with E-state index in [1.807, 2.05) is 30.3 Å². The van der Waals surface area contributed by atoms with Gasteiger partial charge in [-0.25, -0.2) is 13.6 Å². The number of carboxylic acid groups (broad SMARTS) is 1. The number of carbonyl (C=O) groups is 2. The van der Waals surface area contributed by atoms with Crippen molar-refractivity contribution in [2.24, 2.45) is 0 Å². The average Bonchev–Trinajstić information content (AvgIpc) is 2.75. The van der Waals surface area contributed by atoms with Gasteiger partial charge >= 0.3 is 5.97 Å². The fourth-order valence-electron chi connectivity index (χ4n) is 2.81. The number of aliphatic carboxylic acids is 1. The van der Waals surface area contributed by atoms with Crippen molar-refractivity contribution in [3.05, 3.63) is 101 Å². The summed E-state index contributed by atoms with van der Waals surface area (Å²) in [5, 5.41) is 11.6. The van der Waals surface area contributed by atoms with Crippen LogP contribution >= 0.6 is 0 Å². The first-order valence-corrected chi connectivity index (χ1v) is 9.17. The molecule has 30 heavy (non-hydrogen) atoms. The standard InChI is InChI=1S/C23H19F2NO4/c24-19-8-4-7-18(21(19)25)22(27)26-20(23(28)29)13-15-9-11-17(12-10-15)30-14-16-5-2-1-3-6-16/h1-12,20H,13-14H2,(H,26,27)(H,28,29)/t20-/m0/s1. The van der Waals surface area contributed by atoms with E-state index >= 15 is 0 Å². The van der Waals surface area contributed by atoms with E-state index in [4.69, 9.17) is 4.74 Å². The fraction of sp³-hybridized carbons (Fsp3) is 0.130. The topological polar surface area (TPSA) is 75.6 Å². The lowest BCUT2D eigenvalue weighted by molar-refractivity contribution is -0.139. The number of nitrogens with one attached hydrogen (secondary N) is 1. The summed E-state index contributed by atoms with van der Waals surface area (Å²) in [6, 6.07) is 18.2. The van der Waals surface area contributed by atoms with E-state index in [0.717, 1.165) is 17.7 Å². The number of carboxylic acids is 1. The Labute approximate surface area is 171 Å². The van der Waals surface area contributed by atoms with Crippen LogP contribution in [0.5, 0.6) is 5.75 Å². The maximum Gasteiger partial charge on any atom is 0.326 e. The molecule has 0 heterocycles. The van der Waals surface area contributed by atoms with Crippen LogP contribution in [0, 0.1) is 11.6 Å². The van der Waals surface area contributed by atoms with Gasteiger partial charge in [0.05, 0.1) is 5.56 Å². The van der Waals surface area contributed by atoms with Crippen molar-refractivity contribution in [1.82, 2.24) is 5.32 Å². The Morgan fingerprint density at radius 2 is 1.60 bits per heavy atom. The Hall–Kier alpha value is -3.74. The number of rotatable bonds is 8. The first-order valence-electron chi connectivity index (χ1n) is 9.17. The molecule has 3 aromatic rings. The van der Waals surface area contributed by atoms with Gasteiger partial charge in [0.25, 0.3) is 5.91 Å². The van der Waals surface area contributed by atoms with Gasteiger partial charge in [0.15, 0.2) is 11.6 Å². The summed E-state index contributed by atoms with van der Waals surface area (Å²) in [4.78, 5) is 23.7. The molecule has 7 heteroatoms. The largest absolute Gasteiger partial charge is 0.489 e. The van der Waals surface area contributed by atoms with Crippen molar-refractivity contribution < 1.29 is 28.2 Å². The molecule has 5 nitrogen and oxygen atoms in total. The van der Waals surface area contributed by atoms with Crippen LogP contribution in [0.15, 0.2) is 72.8 Å². The van der Waals surface area contributed by atoms with Gasteiger partial charge in [-0.15, -0.1) is 0 Å². The van der Waals surface area contributed by atoms with Gasteiger partial charge in [-0.1, -0.05) is 48.5 Å². The minimum Gasteiger partial charge on any atom is -0.489 e. The second kappa shape index (κ2) is 9.65. The third-order valence-electron chi connectivity index (χ3n) is 4.41. The highest BCUT2D eigenvalue weighted by Gasteiger charge is 2.23. The summed E-state index contributed by atoms with van der Waals surface area (Å²) in [7, 11) is 0. The van der Waals surface area contributed by atoms with Crippen LogP contribution < -0.4 is 10.1 Å². The summed E-state index contributed by atoms with van der Waals surface area (Å²) in [5.41, 5.74) is 1.10. The molecular weight excluding hydrogens is 392 g/mol. The van der Waals surface area contributed by atoms with E-state index < -0.39 is 35.1 Å². The van der Waals surface area contributed by atoms with Crippen molar-refractivity contribution >= 4 is 11.9 Å². The first-order chi connectivity index (χ1) is 14.4. The van der Waals surface area contributed by atoms with Gasteiger partial charge in [0.2, 0.25) is 0 Å². The van der Waals surface area contributed by atoms with E-state index in [1.165, 1.54) is 6.07 Å². The van der Waals surface area contributed by atoms with Crippen LogP contribution in [0.1, 0.15) is 21.5 Å². The zero-order valence-corrected chi connectivity index (χ0v) is 15.8. The van der Waals surface area contributed by atoms with Crippen LogP contribution in [0.3, 0.4) is 0 Å². The summed E-state index contributed by atoms with van der Waals surface area (Å²) >= 11 is 0. The molecule has 0 bridgehead atoms. The van der Waals surface area contributed by atoms with Crippen molar-refractivity contribution in [1.29, 1.82) is 0 Å². The highest BCUT2D eigenvalue weighted by Crippen LogP contribution is 2.16. The Morgan fingerprint density at radius 3 is 2.27 bits per heavy atom. The smallest absolute Gasteiger partial charge is 0.326 e. The van der Waals surface area contributed by atoms with Crippen molar-refractivity contribution in [3.8, 4) is 5.75 Å². The highest BCUT2D eigenvalue weighted by molar-refractivity contribution is 5.96. The van der Waals surface area contributed by atoms with Crippen LogP contribution in [-0.4, -0.2) is 23.0 Å². The monoisotopic (exact) mass is 411 g/mol. The van der Waals surface area contributed by atoms with E-state index in [1.54, 1.807) is 24.3 Å². The van der Waals surface area contributed by atoms with Crippen LogP contribution in [-0.2, 0) is 17.8 Å². The van der Waals surface area contributed by atoms with Crippen LogP contribution in [0.2, 0.25) is 0 Å². The molecule has 0 aliphatic carbocycles. The molecule has 0 radical (unpaired) electrons. The Kier molecular flexibility index (Phi) is 6.75. The SMILES string of the molecule is O=C(N[C@@H](Cc1ccc(OCc2ccccc2)cc1)C(=O)O)c1cccc(F)c1F. The third-order valence-corrected chi connectivity index (χ3v) is 4.41.